The molecule has 27 heavy (non-hydrogen) atoms. The van der Waals surface area contributed by atoms with Crippen LogP contribution < -0.4 is 10.6 Å². The number of carbonyl (C=O) groups is 1. The SMILES string of the molecule is Cc1ccn(-c2ccc(NCCNC(=O)c3cc4ccccc4s3)nn2)n1. The normalized spacial score (nSPS) is 10.9. The number of rotatable bonds is 6. The maximum Gasteiger partial charge on any atom is 0.261 e. The summed E-state index contributed by atoms with van der Waals surface area (Å²) in [5.74, 6) is 1.25. The molecule has 1 amide bonds. The highest BCUT2D eigenvalue weighted by atomic mass is 32.1. The molecular formula is C19H18N6OS. The Labute approximate surface area is 160 Å². The molecule has 0 saturated heterocycles. The number of aryl methyl sites for hydroxylation is 1. The van der Waals surface area contributed by atoms with Crippen LogP contribution in [0.4, 0.5) is 5.82 Å². The van der Waals surface area contributed by atoms with Crippen molar-refractivity contribution >= 4 is 33.1 Å². The largest absolute Gasteiger partial charge is 0.367 e. The molecule has 0 saturated carbocycles. The molecule has 4 rings (SSSR count). The summed E-state index contributed by atoms with van der Waals surface area (Å²) in [6.45, 7) is 2.98. The molecular weight excluding hydrogens is 360 g/mol. The summed E-state index contributed by atoms with van der Waals surface area (Å²) in [4.78, 5) is 13.0. The summed E-state index contributed by atoms with van der Waals surface area (Å²) in [7, 11) is 0. The average molecular weight is 378 g/mol. The van der Waals surface area contributed by atoms with Gasteiger partial charge in [0.05, 0.1) is 10.6 Å². The van der Waals surface area contributed by atoms with Crippen LogP contribution in [0.15, 0.2) is 54.7 Å². The molecule has 0 unspecified atom stereocenters. The van der Waals surface area contributed by atoms with Gasteiger partial charge in [-0.05, 0) is 42.6 Å². The van der Waals surface area contributed by atoms with Gasteiger partial charge in [0, 0.05) is 24.0 Å². The fourth-order valence-electron chi connectivity index (χ4n) is 2.63. The van der Waals surface area contributed by atoms with Crippen LogP contribution in [0, 0.1) is 6.92 Å². The number of carbonyl (C=O) groups excluding carboxylic acids is 1. The van der Waals surface area contributed by atoms with E-state index in [0.717, 1.165) is 20.7 Å². The highest BCUT2D eigenvalue weighted by Gasteiger charge is 2.09. The Balaban J connectivity index is 1.27. The topological polar surface area (TPSA) is 84.7 Å². The van der Waals surface area contributed by atoms with E-state index in [0.29, 0.717) is 24.7 Å². The molecule has 3 heterocycles. The summed E-state index contributed by atoms with van der Waals surface area (Å²) in [5, 5.41) is 19.7. The summed E-state index contributed by atoms with van der Waals surface area (Å²) in [5.41, 5.74) is 0.924. The van der Waals surface area contributed by atoms with Crippen molar-refractivity contribution in [2.45, 2.75) is 6.92 Å². The lowest BCUT2D eigenvalue weighted by molar-refractivity contribution is 0.0959. The van der Waals surface area contributed by atoms with Crippen LogP contribution in [0.1, 0.15) is 15.4 Å². The number of benzene rings is 1. The van der Waals surface area contributed by atoms with Crippen molar-refractivity contribution in [3.63, 3.8) is 0 Å². The van der Waals surface area contributed by atoms with E-state index in [9.17, 15) is 4.79 Å². The second-order valence-electron chi connectivity index (χ2n) is 6.01. The number of anilines is 1. The fraction of sp³-hybridized carbons (Fsp3) is 0.158. The zero-order valence-electron chi connectivity index (χ0n) is 14.7. The molecule has 0 bridgehead atoms. The molecule has 1 aromatic carbocycles. The van der Waals surface area contributed by atoms with E-state index in [4.69, 9.17) is 0 Å². The Bertz CT molecular complexity index is 1040. The van der Waals surface area contributed by atoms with E-state index >= 15 is 0 Å². The van der Waals surface area contributed by atoms with Crippen LogP contribution in [0.2, 0.25) is 0 Å². The van der Waals surface area contributed by atoms with Gasteiger partial charge in [0.15, 0.2) is 5.82 Å². The van der Waals surface area contributed by atoms with E-state index in [2.05, 4.69) is 25.9 Å². The first-order valence-electron chi connectivity index (χ1n) is 8.56. The minimum atomic E-state index is -0.0616. The van der Waals surface area contributed by atoms with E-state index in [1.807, 2.05) is 61.7 Å². The van der Waals surface area contributed by atoms with Crippen molar-refractivity contribution < 1.29 is 4.79 Å². The molecule has 0 aliphatic rings. The van der Waals surface area contributed by atoms with Gasteiger partial charge in [-0.15, -0.1) is 21.5 Å². The molecule has 8 heteroatoms. The number of nitrogens with zero attached hydrogens (tertiary/aromatic N) is 4. The molecule has 2 N–H and O–H groups in total. The van der Waals surface area contributed by atoms with Crippen LogP contribution in [0.5, 0.6) is 0 Å². The Morgan fingerprint density at radius 3 is 2.74 bits per heavy atom. The third kappa shape index (κ3) is 3.95. The third-order valence-electron chi connectivity index (χ3n) is 3.97. The maximum atomic E-state index is 12.3. The molecule has 0 fully saturated rings. The lowest BCUT2D eigenvalue weighted by Crippen LogP contribution is -2.28. The van der Waals surface area contributed by atoms with Crippen LogP contribution >= 0.6 is 11.3 Å². The molecule has 7 nitrogen and oxygen atoms in total. The van der Waals surface area contributed by atoms with Crippen molar-refractivity contribution in [2.75, 3.05) is 18.4 Å². The van der Waals surface area contributed by atoms with Gasteiger partial charge >= 0.3 is 0 Å². The van der Waals surface area contributed by atoms with Crippen molar-refractivity contribution in [1.82, 2.24) is 25.3 Å². The maximum absolute atomic E-state index is 12.3. The monoisotopic (exact) mass is 378 g/mol. The molecule has 4 aromatic rings. The lowest BCUT2D eigenvalue weighted by atomic mass is 10.2. The predicted molar refractivity (Wildman–Crippen MR) is 107 cm³/mol. The minimum absolute atomic E-state index is 0.0616. The number of fused-ring (bicyclic) bond motifs is 1. The molecule has 0 spiro atoms. The molecule has 0 radical (unpaired) electrons. The Morgan fingerprint density at radius 2 is 2.00 bits per heavy atom. The first kappa shape index (κ1) is 17.2. The van der Waals surface area contributed by atoms with Crippen LogP contribution in [-0.4, -0.2) is 39.0 Å². The lowest BCUT2D eigenvalue weighted by Gasteiger charge is -2.07. The Hall–Kier alpha value is -3.26. The van der Waals surface area contributed by atoms with Gasteiger partial charge in [-0.1, -0.05) is 18.2 Å². The Morgan fingerprint density at radius 1 is 1.11 bits per heavy atom. The number of hydrogen-bond acceptors (Lipinski definition) is 6. The van der Waals surface area contributed by atoms with Crippen molar-refractivity contribution in [1.29, 1.82) is 0 Å². The summed E-state index contributed by atoms with van der Waals surface area (Å²) < 4.78 is 2.79. The molecule has 0 aliphatic carbocycles. The summed E-state index contributed by atoms with van der Waals surface area (Å²) in [6.07, 6.45) is 1.84. The summed E-state index contributed by atoms with van der Waals surface area (Å²) in [6, 6.07) is 15.5. The van der Waals surface area contributed by atoms with Crippen LogP contribution in [-0.2, 0) is 0 Å². The second kappa shape index (κ2) is 7.55. The molecule has 3 aromatic heterocycles. The highest BCUT2D eigenvalue weighted by Crippen LogP contribution is 2.24. The van der Waals surface area contributed by atoms with Crippen molar-refractivity contribution in [3.05, 3.63) is 65.3 Å². The standard InChI is InChI=1S/C19H18N6OS/c1-13-8-11-25(24-13)18-7-6-17(22-23-18)20-9-10-21-19(26)16-12-14-4-2-3-5-15(14)27-16/h2-8,11-12H,9-10H2,1H3,(H,20,22)(H,21,26). The van der Waals surface area contributed by atoms with E-state index in [1.165, 1.54) is 11.3 Å². The zero-order chi connectivity index (χ0) is 18.6. The first-order chi connectivity index (χ1) is 13.2. The van der Waals surface area contributed by atoms with Gasteiger partial charge in [-0.25, -0.2) is 4.68 Å². The predicted octanol–water partition coefficient (Wildman–Crippen LogP) is 3.03. The van der Waals surface area contributed by atoms with Crippen LogP contribution in [0.3, 0.4) is 0 Å². The average Bonchev–Trinajstić information content (AvgIpc) is 3.32. The smallest absolute Gasteiger partial charge is 0.261 e. The molecule has 136 valence electrons. The number of amides is 1. The van der Waals surface area contributed by atoms with Gasteiger partial charge in [-0.2, -0.15) is 5.10 Å². The van der Waals surface area contributed by atoms with Gasteiger partial charge in [0.1, 0.15) is 5.82 Å². The number of hydrogen-bond donors (Lipinski definition) is 2. The van der Waals surface area contributed by atoms with Crippen molar-refractivity contribution in [3.8, 4) is 5.82 Å². The van der Waals surface area contributed by atoms with E-state index in [1.54, 1.807) is 4.68 Å². The third-order valence-corrected chi connectivity index (χ3v) is 5.09. The number of nitrogens with one attached hydrogen (secondary N) is 2. The minimum Gasteiger partial charge on any atom is -0.367 e. The van der Waals surface area contributed by atoms with E-state index in [-0.39, 0.29) is 5.91 Å². The highest BCUT2D eigenvalue weighted by molar-refractivity contribution is 7.20. The number of aromatic nitrogens is 4. The number of thiophene rings is 1. The second-order valence-corrected chi connectivity index (χ2v) is 7.09. The van der Waals surface area contributed by atoms with Gasteiger partial charge < -0.3 is 10.6 Å². The first-order valence-corrected chi connectivity index (χ1v) is 9.38. The molecule has 0 aliphatic heterocycles. The zero-order valence-corrected chi connectivity index (χ0v) is 15.5. The van der Waals surface area contributed by atoms with E-state index < -0.39 is 0 Å². The van der Waals surface area contributed by atoms with Gasteiger partial charge in [-0.3, -0.25) is 4.79 Å². The quantitative estimate of drug-likeness (QED) is 0.504. The van der Waals surface area contributed by atoms with Gasteiger partial charge in [0.2, 0.25) is 0 Å². The summed E-state index contributed by atoms with van der Waals surface area (Å²) >= 11 is 1.50. The fourth-order valence-corrected chi connectivity index (χ4v) is 3.61. The van der Waals surface area contributed by atoms with Crippen LogP contribution in [0.25, 0.3) is 15.9 Å². The van der Waals surface area contributed by atoms with Gasteiger partial charge in [0.25, 0.3) is 5.91 Å². The van der Waals surface area contributed by atoms with Crippen molar-refractivity contribution in [2.24, 2.45) is 0 Å². The Kier molecular flexibility index (Phi) is 4.80. The molecule has 0 atom stereocenters.